The molecule has 3 nitrogen and oxygen atoms in total. The number of esters is 1. The third-order valence-corrected chi connectivity index (χ3v) is 5.53. The summed E-state index contributed by atoms with van der Waals surface area (Å²) in [6, 6.07) is 11.5. The Morgan fingerprint density at radius 1 is 1.29 bits per heavy atom. The molecule has 3 heteroatoms. The van der Waals surface area contributed by atoms with Gasteiger partial charge in [-0.2, -0.15) is 0 Å². The van der Waals surface area contributed by atoms with Crippen LogP contribution in [0.25, 0.3) is 6.08 Å². The number of rotatable bonds is 2. The Bertz CT molecular complexity index is 580. The lowest BCUT2D eigenvalue weighted by Crippen LogP contribution is -2.58. The second-order valence-electron chi connectivity index (χ2n) is 6.49. The zero-order chi connectivity index (χ0) is 14.4. The zero-order valence-corrected chi connectivity index (χ0v) is 12.4. The molecule has 0 saturated carbocycles. The van der Waals surface area contributed by atoms with Crippen LogP contribution in [0.1, 0.15) is 24.8 Å². The summed E-state index contributed by atoms with van der Waals surface area (Å²) in [7, 11) is 1.52. The maximum absolute atomic E-state index is 12.3. The predicted octanol–water partition coefficient (Wildman–Crippen LogP) is 2.73. The first-order valence-corrected chi connectivity index (χ1v) is 7.87. The van der Waals surface area contributed by atoms with Crippen LogP contribution >= 0.6 is 0 Å². The van der Waals surface area contributed by atoms with Gasteiger partial charge in [0.25, 0.3) is 0 Å². The smallest absolute Gasteiger partial charge is 0.310 e. The molecule has 0 aliphatic carbocycles. The molecule has 4 aliphatic heterocycles. The van der Waals surface area contributed by atoms with E-state index in [1.807, 2.05) is 6.07 Å². The van der Waals surface area contributed by atoms with Gasteiger partial charge in [0.1, 0.15) is 0 Å². The van der Waals surface area contributed by atoms with E-state index in [1.165, 1.54) is 24.7 Å². The first kappa shape index (κ1) is 13.1. The Hall–Kier alpha value is -1.61. The SMILES string of the molecule is COC(=O)[C@H]1C2C[C@H]3CCC1N3C/C2=C\c1ccccc1. The molecule has 0 N–H and O–H groups in total. The minimum atomic E-state index is -0.0194. The van der Waals surface area contributed by atoms with E-state index < -0.39 is 0 Å². The van der Waals surface area contributed by atoms with Crippen molar-refractivity contribution in [2.24, 2.45) is 11.8 Å². The highest BCUT2D eigenvalue weighted by Gasteiger charge is 2.55. The van der Waals surface area contributed by atoms with E-state index >= 15 is 0 Å². The number of benzene rings is 1. The van der Waals surface area contributed by atoms with Crippen LogP contribution in [-0.4, -0.2) is 36.6 Å². The summed E-state index contributed by atoms with van der Waals surface area (Å²) in [5, 5.41) is 0. The van der Waals surface area contributed by atoms with Crippen molar-refractivity contribution in [3.05, 3.63) is 41.5 Å². The molecule has 1 aromatic carbocycles. The Balaban J connectivity index is 1.69. The molecule has 21 heavy (non-hydrogen) atoms. The van der Waals surface area contributed by atoms with E-state index in [0.29, 0.717) is 18.0 Å². The standard InChI is InChI=1S/C18H21NO2/c1-21-18(20)17-15-10-14-7-8-16(17)19(14)11-13(15)9-12-5-3-2-4-6-12/h2-6,9,14-17H,7-8,10-11H2,1H3/b13-9+/t14-,15?,16?,17+/m1/s1. The second kappa shape index (κ2) is 4.99. The highest BCUT2D eigenvalue weighted by molar-refractivity contribution is 5.75. The van der Waals surface area contributed by atoms with Crippen molar-refractivity contribution in [3.63, 3.8) is 0 Å². The van der Waals surface area contributed by atoms with E-state index in [1.54, 1.807) is 0 Å². The number of nitrogens with zero attached hydrogens (tertiary/aromatic N) is 1. The molecule has 4 aliphatic rings. The zero-order valence-electron chi connectivity index (χ0n) is 12.4. The number of fused-ring (bicyclic) bond motifs is 1. The average molecular weight is 283 g/mol. The summed E-state index contributed by atoms with van der Waals surface area (Å²) in [5.41, 5.74) is 2.64. The van der Waals surface area contributed by atoms with Gasteiger partial charge in [-0.05, 0) is 30.7 Å². The molecule has 0 aromatic heterocycles. The summed E-state index contributed by atoms with van der Waals surface area (Å²) in [4.78, 5) is 14.8. The summed E-state index contributed by atoms with van der Waals surface area (Å²) in [6.07, 6.45) is 5.80. The third-order valence-electron chi connectivity index (χ3n) is 5.53. The molecule has 4 heterocycles. The molecular weight excluding hydrogens is 262 g/mol. The van der Waals surface area contributed by atoms with Crippen molar-refractivity contribution in [3.8, 4) is 0 Å². The van der Waals surface area contributed by atoms with Crippen LogP contribution in [0.5, 0.6) is 0 Å². The van der Waals surface area contributed by atoms with Gasteiger partial charge in [0, 0.05) is 18.6 Å². The van der Waals surface area contributed by atoms with Gasteiger partial charge in [0.2, 0.25) is 0 Å². The van der Waals surface area contributed by atoms with Gasteiger partial charge < -0.3 is 4.74 Å². The lowest BCUT2D eigenvalue weighted by atomic mass is 9.71. The summed E-state index contributed by atoms with van der Waals surface area (Å²) < 4.78 is 5.10. The van der Waals surface area contributed by atoms with E-state index in [0.717, 1.165) is 19.4 Å². The van der Waals surface area contributed by atoms with Crippen molar-refractivity contribution < 1.29 is 9.53 Å². The van der Waals surface area contributed by atoms with Crippen molar-refractivity contribution in [2.45, 2.75) is 31.3 Å². The minimum absolute atomic E-state index is 0.0194. The monoisotopic (exact) mass is 283 g/mol. The van der Waals surface area contributed by atoms with E-state index in [9.17, 15) is 4.79 Å². The third kappa shape index (κ3) is 2.03. The highest BCUT2D eigenvalue weighted by atomic mass is 16.5. The first-order chi connectivity index (χ1) is 10.3. The van der Waals surface area contributed by atoms with Gasteiger partial charge >= 0.3 is 5.97 Å². The molecule has 5 atom stereocenters. The Morgan fingerprint density at radius 2 is 2.10 bits per heavy atom. The fourth-order valence-electron chi connectivity index (χ4n) is 4.64. The molecule has 1 aromatic rings. The molecule has 110 valence electrons. The lowest BCUT2D eigenvalue weighted by molar-refractivity contribution is -0.153. The number of hydrogen-bond donors (Lipinski definition) is 0. The fraction of sp³-hybridized carbons (Fsp3) is 0.500. The largest absolute Gasteiger partial charge is 0.469 e. The quantitative estimate of drug-likeness (QED) is 0.782. The molecular formula is C18H21NO2. The maximum Gasteiger partial charge on any atom is 0.310 e. The summed E-state index contributed by atoms with van der Waals surface area (Å²) in [6.45, 7) is 1.03. The van der Waals surface area contributed by atoms with Gasteiger partial charge in [-0.15, -0.1) is 0 Å². The van der Waals surface area contributed by atoms with Crippen LogP contribution in [0.2, 0.25) is 0 Å². The van der Waals surface area contributed by atoms with Crippen molar-refractivity contribution in [1.29, 1.82) is 0 Å². The van der Waals surface area contributed by atoms with Crippen molar-refractivity contribution >= 4 is 12.0 Å². The van der Waals surface area contributed by atoms with Gasteiger partial charge in [-0.25, -0.2) is 0 Å². The number of hydrogen-bond acceptors (Lipinski definition) is 3. The second-order valence-corrected chi connectivity index (χ2v) is 6.49. The fourth-order valence-corrected chi connectivity index (χ4v) is 4.64. The number of methoxy groups -OCH3 is 1. The maximum atomic E-state index is 12.3. The molecule has 0 spiro atoms. The molecule has 4 fully saturated rings. The van der Waals surface area contributed by atoms with E-state index in [2.05, 4.69) is 35.2 Å². The number of piperidine rings is 3. The van der Waals surface area contributed by atoms with E-state index in [-0.39, 0.29) is 11.9 Å². The molecule has 4 bridgehead atoms. The van der Waals surface area contributed by atoms with Gasteiger partial charge in [0.15, 0.2) is 0 Å². The predicted molar refractivity (Wildman–Crippen MR) is 81.5 cm³/mol. The van der Waals surface area contributed by atoms with Crippen LogP contribution < -0.4 is 0 Å². The minimum Gasteiger partial charge on any atom is -0.469 e. The normalized spacial score (nSPS) is 38.7. The lowest BCUT2D eigenvalue weighted by Gasteiger charge is -2.50. The van der Waals surface area contributed by atoms with Gasteiger partial charge in [-0.1, -0.05) is 42.0 Å². The van der Waals surface area contributed by atoms with Crippen molar-refractivity contribution in [1.82, 2.24) is 4.90 Å². The Labute approximate surface area is 125 Å². The molecule has 5 rings (SSSR count). The Morgan fingerprint density at radius 3 is 2.86 bits per heavy atom. The van der Waals surface area contributed by atoms with Gasteiger partial charge in [0.05, 0.1) is 13.0 Å². The van der Waals surface area contributed by atoms with E-state index in [4.69, 9.17) is 4.74 Å². The number of carbonyl (C=O) groups is 1. The average Bonchev–Trinajstić information content (AvgIpc) is 2.83. The summed E-state index contributed by atoms with van der Waals surface area (Å²) in [5.74, 6) is 0.395. The highest BCUT2D eigenvalue weighted by Crippen LogP contribution is 2.50. The summed E-state index contributed by atoms with van der Waals surface area (Å²) >= 11 is 0. The molecule has 4 saturated heterocycles. The van der Waals surface area contributed by atoms with Crippen LogP contribution in [0, 0.1) is 11.8 Å². The van der Waals surface area contributed by atoms with Crippen LogP contribution in [0.4, 0.5) is 0 Å². The van der Waals surface area contributed by atoms with Crippen LogP contribution in [0.15, 0.2) is 35.9 Å². The number of ether oxygens (including phenoxy) is 1. The van der Waals surface area contributed by atoms with Crippen molar-refractivity contribution in [2.75, 3.05) is 13.7 Å². The first-order valence-electron chi connectivity index (χ1n) is 7.87. The molecule has 0 amide bonds. The Kier molecular flexibility index (Phi) is 3.11. The topological polar surface area (TPSA) is 29.5 Å². The van der Waals surface area contributed by atoms with Crippen LogP contribution in [-0.2, 0) is 9.53 Å². The number of carbonyl (C=O) groups excluding carboxylic acids is 1. The molecule has 3 unspecified atom stereocenters. The molecule has 0 radical (unpaired) electrons. The van der Waals surface area contributed by atoms with Crippen LogP contribution in [0.3, 0.4) is 0 Å². The van der Waals surface area contributed by atoms with Gasteiger partial charge in [-0.3, -0.25) is 9.69 Å².